The van der Waals surface area contributed by atoms with Crippen LogP contribution in [0.1, 0.15) is 18.1 Å². The summed E-state index contributed by atoms with van der Waals surface area (Å²) in [6.07, 6.45) is 0.291. The number of rotatable bonds is 3. The van der Waals surface area contributed by atoms with E-state index in [-0.39, 0.29) is 6.03 Å². The van der Waals surface area contributed by atoms with E-state index in [1.54, 1.807) is 17.0 Å². The highest BCUT2D eigenvalue weighted by Gasteiger charge is 2.19. The van der Waals surface area contributed by atoms with Gasteiger partial charge in [0, 0.05) is 37.7 Å². The van der Waals surface area contributed by atoms with Gasteiger partial charge in [0.15, 0.2) is 0 Å². The van der Waals surface area contributed by atoms with Crippen LogP contribution in [0, 0.1) is 0 Å². The Labute approximate surface area is 123 Å². The lowest BCUT2D eigenvalue weighted by Gasteiger charge is -2.23. The Morgan fingerprint density at radius 3 is 2.85 bits per heavy atom. The van der Waals surface area contributed by atoms with Crippen molar-refractivity contribution >= 4 is 17.6 Å². The van der Waals surface area contributed by atoms with E-state index in [2.05, 4.69) is 4.90 Å². The van der Waals surface area contributed by atoms with Crippen molar-refractivity contribution in [2.45, 2.75) is 12.5 Å². The fourth-order valence-corrected chi connectivity index (χ4v) is 2.64. The van der Waals surface area contributed by atoms with Gasteiger partial charge in [0.05, 0.1) is 6.10 Å². The smallest absolute Gasteiger partial charge is 0.314 e. The lowest BCUT2D eigenvalue weighted by Crippen LogP contribution is -2.39. The SMILES string of the molecule is NC(=O)N1CCCN(CC(O)c2cccc(Cl)c2)CC1. The first-order chi connectivity index (χ1) is 9.56. The van der Waals surface area contributed by atoms with Crippen LogP contribution in [0.2, 0.25) is 5.02 Å². The minimum Gasteiger partial charge on any atom is -0.387 e. The highest BCUT2D eigenvalue weighted by atomic mass is 35.5. The molecule has 1 saturated heterocycles. The molecule has 0 bridgehead atoms. The number of carbonyl (C=O) groups excluding carboxylic acids is 1. The summed E-state index contributed by atoms with van der Waals surface area (Å²) in [4.78, 5) is 15.0. The molecule has 5 nitrogen and oxygen atoms in total. The van der Waals surface area contributed by atoms with E-state index in [0.29, 0.717) is 24.7 Å². The third-order valence-corrected chi connectivity index (χ3v) is 3.80. The van der Waals surface area contributed by atoms with Crippen LogP contribution in [0.3, 0.4) is 0 Å². The highest BCUT2D eigenvalue weighted by molar-refractivity contribution is 6.30. The lowest BCUT2D eigenvalue weighted by atomic mass is 10.1. The maximum atomic E-state index is 11.2. The van der Waals surface area contributed by atoms with Gasteiger partial charge in [-0.1, -0.05) is 23.7 Å². The van der Waals surface area contributed by atoms with Crippen LogP contribution in [0.15, 0.2) is 24.3 Å². The van der Waals surface area contributed by atoms with Gasteiger partial charge in [0.2, 0.25) is 0 Å². The molecule has 1 heterocycles. The number of β-amino-alcohol motifs (C(OH)–C–C–N with tert-alkyl or cyclic N) is 1. The summed E-state index contributed by atoms with van der Waals surface area (Å²) in [5.41, 5.74) is 6.11. The van der Waals surface area contributed by atoms with Crippen LogP contribution < -0.4 is 5.73 Å². The Hall–Kier alpha value is -1.30. The molecule has 3 N–H and O–H groups in total. The van der Waals surface area contributed by atoms with Gasteiger partial charge in [-0.05, 0) is 24.1 Å². The molecule has 1 aromatic carbocycles. The van der Waals surface area contributed by atoms with Crippen molar-refractivity contribution in [1.82, 2.24) is 9.80 Å². The molecule has 6 heteroatoms. The molecule has 2 rings (SSSR count). The second-order valence-corrected chi connectivity index (χ2v) is 5.49. The molecule has 0 spiro atoms. The summed E-state index contributed by atoms with van der Waals surface area (Å²) in [7, 11) is 0. The Kier molecular flexibility index (Phi) is 5.23. The number of hydrogen-bond donors (Lipinski definition) is 2. The van der Waals surface area contributed by atoms with E-state index < -0.39 is 6.10 Å². The summed E-state index contributed by atoms with van der Waals surface area (Å²) >= 11 is 5.93. The van der Waals surface area contributed by atoms with E-state index in [1.165, 1.54) is 0 Å². The Bertz CT molecular complexity index is 469. The first kappa shape index (κ1) is 15.1. The number of hydrogen-bond acceptors (Lipinski definition) is 3. The van der Waals surface area contributed by atoms with Crippen molar-refractivity contribution in [2.24, 2.45) is 5.73 Å². The number of benzene rings is 1. The van der Waals surface area contributed by atoms with E-state index in [9.17, 15) is 9.90 Å². The van der Waals surface area contributed by atoms with Gasteiger partial charge in [0.1, 0.15) is 0 Å². The molecule has 1 unspecified atom stereocenters. The maximum Gasteiger partial charge on any atom is 0.314 e. The molecule has 0 radical (unpaired) electrons. The van der Waals surface area contributed by atoms with Crippen molar-refractivity contribution in [2.75, 3.05) is 32.7 Å². The Morgan fingerprint density at radius 1 is 1.35 bits per heavy atom. The van der Waals surface area contributed by atoms with Gasteiger partial charge in [0.25, 0.3) is 0 Å². The average molecular weight is 298 g/mol. The van der Waals surface area contributed by atoms with Gasteiger partial charge in [-0.15, -0.1) is 0 Å². The average Bonchev–Trinajstić information content (AvgIpc) is 2.64. The predicted octanol–water partition coefficient (Wildman–Crippen LogP) is 1.46. The summed E-state index contributed by atoms with van der Waals surface area (Å²) in [5, 5.41) is 10.9. The molecule has 1 aliphatic heterocycles. The molecular weight excluding hydrogens is 278 g/mol. The Balaban J connectivity index is 1.91. The number of carbonyl (C=O) groups is 1. The summed E-state index contributed by atoms with van der Waals surface area (Å²) in [6.45, 7) is 3.39. The standard InChI is InChI=1S/C14H20ClN3O2/c15-12-4-1-3-11(9-12)13(19)10-17-5-2-6-18(8-7-17)14(16)20/h1,3-4,9,13,19H,2,5-8,10H2,(H2,16,20). The van der Waals surface area contributed by atoms with Gasteiger partial charge < -0.3 is 15.7 Å². The van der Waals surface area contributed by atoms with Crippen LogP contribution in [0.5, 0.6) is 0 Å². The zero-order chi connectivity index (χ0) is 14.5. The second-order valence-electron chi connectivity index (χ2n) is 5.05. The number of nitrogens with zero attached hydrogens (tertiary/aromatic N) is 2. The molecule has 1 aliphatic rings. The van der Waals surface area contributed by atoms with Crippen molar-refractivity contribution in [1.29, 1.82) is 0 Å². The normalized spacial score (nSPS) is 18.6. The molecule has 110 valence electrons. The van der Waals surface area contributed by atoms with Gasteiger partial charge >= 0.3 is 6.03 Å². The first-order valence-corrected chi connectivity index (χ1v) is 7.14. The third-order valence-electron chi connectivity index (χ3n) is 3.56. The molecule has 0 aliphatic carbocycles. The monoisotopic (exact) mass is 297 g/mol. The number of urea groups is 1. The van der Waals surface area contributed by atoms with E-state index in [1.807, 2.05) is 12.1 Å². The number of aliphatic hydroxyl groups excluding tert-OH is 1. The summed E-state index contributed by atoms with van der Waals surface area (Å²) in [5.74, 6) is 0. The third kappa shape index (κ3) is 4.10. The minimum atomic E-state index is -0.575. The summed E-state index contributed by atoms with van der Waals surface area (Å²) < 4.78 is 0. The van der Waals surface area contributed by atoms with Crippen LogP contribution in [-0.2, 0) is 0 Å². The zero-order valence-electron chi connectivity index (χ0n) is 11.3. The van der Waals surface area contributed by atoms with Gasteiger partial charge in [-0.3, -0.25) is 4.90 Å². The number of nitrogens with two attached hydrogens (primary N) is 1. The number of amides is 2. The maximum absolute atomic E-state index is 11.2. The largest absolute Gasteiger partial charge is 0.387 e. The second kappa shape index (κ2) is 6.92. The quantitative estimate of drug-likeness (QED) is 0.887. The van der Waals surface area contributed by atoms with Crippen LogP contribution in [0.25, 0.3) is 0 Å². The number of halogens is 1. The molecule has 1 atom stereocenters. The van der Waals surface area contributed by atoms with Crippen molar-refractivity contribution in [3.05, 3.63) is 34.9 Å². The predicted molar refractivity (Wildman–Crippen MR) is 78.6 cm³/mol. The summed E-state index contributed by atoms with van der Waals surface area (Å²) in [6, 6.07) is 6.89. The van der Waals surface area contributed by atoms with Crippen LogP contribution >= 0.6 is 11.6 Å². The minimum absolute atomic E-state index is 0.373. The van der Waals surface area contributed by atoms with Crippen molar-refractivity contribution in [3.63, 3.8) is 0 Å². The molecular formula is C14H20ClN3O2. The van der Waals surface area contributed by atoms with E-state index in [4.69, 9.17) is 17.3 Å². The topological polar surface area (TPSA) is 69.8 Å². The van der Waals surface area contributed by atoms with E-state index in [0.717, 1.165) is 25.1 Å². The van der Waals surface area contributed by atoms with Gasteiger partial charge in [-0.2, -0.15) is 0 Å². The Morgan fingerprint density at radius 2 is 2.15 bits per heavy atom. The fourth-order valence-electron chi connectivity index (χ4n) is 2.44. The van der Waals surface area contributed by atoms with E-state index >= 15 is 0 Å². The van der Waals surface area contributed by atoms with Crippen LogP contribution in [0.4, 0.5) is 4.79 Å². The number of aliphatic hydroxyl groups is 1. The van der Waals surface area contributed by atoms with Crippen molar-refractivity contribution < 1.29 is 9.90 Å². The number of primary amides is 1. The molecule has 0 saturated carbocycles. The molecule has 0 aromatic heterocycles. The first-order valence-electron chi connectivity index (χ1n) is 6.76. The molecule has 1 aromatic rings. The van der Waals surface area contributed by atoms with Crippen LogP contribution in [-0.4, -0.2) is 53.7 Å². The van der Waals surface area contributed by atoms with Gasteiger partial charge in [-0.25, -0.2) is 4.79 Å². The molecule has 1 fully saturated rings. The lowest BCUT2D eigenvalue weighted by molar-refractivity contribution is 0.115. The molecule has 20 heavy (non-hydrogen) atoms. The molecule has 2 amide bonds. The highest BCUT2D eigenvalue weighted by Crippen LogP contribution is 2.19. The zero-order valence-corrected chi connectivity index (χ0v) is 12.1. The fraction of sp³-hybridized carbons (Fsp3) is 0.500. The van der Waals surface area contributed by atoms with Crippen molar-refractivity contribution in [3.8, 4) is 0 Å².